The van der Waals surface area contributed by atoms with E-state index in [1.807, 2.05) is 18.7 Å². The number of guanidine groups is 1. The number of para-hydroxylation sites is 1. The summed E-state index contributed by atoms with van der Waals surface area (Å²) in [6.07, 6.45) is 2.19. The monoisotopic (exact) mass is 437 g/mol. The van der Waals surface area contributed by atoms with Crippen LogP contribution in [0.2, 0.25) is 0 Å². The summed E-state index contributed by atoms with van der Waals surface area (Å²) in [4.78, 5) is 23.7. The first-order valence-electron chi connectivity index (χ1n) is 11.1. The molecule has 2 heterocycles. The van der Waals surface area contributed by atoms with Crippen molar-refractivity contribution in [3.63, 3.8) is 0 Å². The number of carbonyl (C=O) groups excluding carboxylic acids is 1. The van der Waals surface area contributed by atoms with Gasteiger partial charge in [-0.3, -0.25) is 9.69 Å². The molecular formula is C22H33F2N5O2. The second kappa shape index (κ2) is 11.3. The van der Waals surface area contributed by atoms with Crippen molar-refractivity contribution in [1.29, 1.82) is 0 Å². The van der Waals surface area contributed by atoms with Gasteiger partial charge < -0.3 is 19.9 Å². The summed E-state index contributed by atoms with van der Waals surface area (Å²) in [5, 5.41) is 3.29. The number of hydrogen-bond donors (Lipinski definition) is 1. The normalized spacial score (nSPS) is 19.1. The topological polar surface area (TPSA) is 60.4 Å². The Morgan fingerprint density at radius 1 is 1.10 bits per heavy atom. The maximum absolute atomic E-state index is 12.7. The second-order valence-electron chi connectivity index (χ2n) is 7.89. The molecule has 1 amide bonds. The van der Waals surface area contributed by atoms with Gasteiger partial charge in [-0.05, 0) is 32.8 Å². The van der Waals surface area contributed by atoms with Crippen molar-refractivity contribution in [1.82, 2.24) is 20.0 Å². The number of ether oxygens (including phenoxy) is 1. The van der Waals surface area contributed by atoms with Crippen LogP contribution in [0.1, 0.15) is 32.3 Å². The Morgan fingerprint density at radius 2 is 1.77 bits per heavy atom. The number of alkyl halides is 2. The zero-order valence-electron chi connectivity index (χ0n) is 18.4. The predicted octanol–water partition coefficient (Wildman–Crippen LogP) is 2.38. The molecule has 1 aromatic carbocycles. The van der Waals surface area contributed by atoms with Gasteiger partial charge in [-0.1, -0.05) is 18.2 Å². The van der Waals surface area contributed by atoms with E-state index in [2.05, 4.69) is 24.8 Å². The van der Waals surface area contributed by atoms with Gasteiger partial charge in [-0.25, -0.2) is 4.99 Å². The van der Waals surface area contributed by atoms with Gasteiger partial charge in [-0.15, -0.1) is 0 Å². The number of piperazine rings is 1. The van der Waals surface area contributed by atoms with Gasteiger partial charge in [0, 0.05) is 51.4 Å². The molecule has 1 aromatic rings. The van der Waals surface area contributed by atoms with Crippen LogP contribution < -0.4 is 10.1 Å². The number of amides is 1. The standard InChI is InChI=1S/C22H33F2N5O2/c1-3-25-22(26-16-18-8-4-5-9-19(18)31-21(23)24)29-14-12-27(13-15-29)17(2)20(30)28-10-6-7-11-28/h4-5,8-9,17,21H,3,6-7,10-16H2,1-2H3,(H,25,26). The molecule has 1 atom stereocenters. The van der Waals surface area contributed by atoms with Crippen molar-refractivity contribution >= 4 is 11.9 Å². The van der Waals surface area contributed by atoms with Crippen LogP contribution in [0.15, 0.2) is 29.3 Å². The number of rotatable bonds is 7. The number of benzene rings is 1. The highest BCUT2D eigenvalue weighted by molar-refractivity contribution is 5.82. The Morgan fingerprint density at radius 3 is 2.42 bits per heavy atom. The minimum atomic E-state index is -2.86. The Bertz CT molecular complexity index is 747. The Kier molecular flexibility index (Phi) is 8.45. The minimum absolute atomic E-state index is 0.113. The van der Waals surface area contributed by atoms with Crippen molar-refractivity contribution < 1.29 is 18.3 Å². The molecule has 0 aliphatic carbocycles. The third-order valence-electron chi connectivity index (χ3n) is 5.86. The van der Waals surface area contributed by atoms with Crippen molar-refractivity contribution in [2.45, 2.75) is 45.9 Å². The Labute approximate surface area is 183 Å². The van der Waals surface area contributed by atoms with Crippen LogP contribution in [-0.4, -0.2) is 85.0 Å². The smallest absolute Gasteiger partial charge is 0.387 e. The highest BCUT2D eigenvalue weighted by atomic mass is 19.3. The molecule has 31 heavy (non-hydrogen) atoms. The van der Waals surface area contributed by atoms with E-state index in [0.717, 1.165) is 58.1 Å². The molecule has 7 nitrogen and oxygen atoms in total. The largest absolute Gasteiger partial charge is 0.434 e. The molecule has 2 aliphatic rings. The fourth-order valence-electron chi connectivity index (χ4n) is 4.11. The SMILES string of the molecule is CCNC(=NCc1ccccc1OC(F)F)N1CCN(C(C)C(=O)N2CCCC2)CC1. The molecule has 0 radical (unpaired) electrons. The zero-order valence-corrected chi connectivity index (χ0v) is 18.4. The first-order valence-corrected chi connectivity index (χ1v) is 11.1. The third kappa shape index (κ3) is 6.29. The number of nitrogens with one attached hydrogen (secondary N) is 1. The lowest BCUT2D eigenvalue weighted by Gasteiger charge is -2.39. The number of nitrogens with zero attached hydrogens (tertiary/aromatic N) is 4. The van der Waals surface area contributed by atoms with Crippen LogP contribution in [0.4, 0.5) is 8.78 Å². The fourth-order valence-corrected chi connectivity index (χ4v) is 4.11. The van der Waals surface area contributed by atoms with E-state index in [1.54, 1.807) is 18.2 Å². The highest BCUT2D eigenvalue weighted by Gasteiger charge is 2.30. The van der Waals surface area contributed by atoms with E-state index in [9.17, 15) is 13.6 Å². The summed E-state index contributed by atoms with van der Waals surface area (Å²) >= 11 is 0. The van der Waals surface area contributed by atoms with Gasteiger partial charge in [0.25, 0.3) is 0 Å². The number of hydrogen-bond acceptors (Lipinski definition) is 4. The van der Waals surface area contributed by atoms with Crippen molar-refractivity contribution in [2.75, 3.05) is 45.8 Å². The number of carbonyl (C=O) groups is 1. The van der Waals surface area contributed by atoms with Crippen molar-refractivity contribution in [3.05, 3.63) is 29.8 Å². The molecule has 2 aliphatic heterocycles. The van der Waals surface area contributed by atoms with Crippen molar-refractivity contribution in [2.24, 2.45) is 4.99 Å². The first-order chi connectivity index (χ1) is 15.0. The third-order valence-corrected chi connectivity index (χ3v) is 5.86. The molecule has 0 aromatic heterocycles. The Balaban J connectivity index is 1.59. The van der Waals surface area contributed by atoms with Gasteiger partial charge >= 0.3 is 6.61 Å². The maximum atomic E-state index is 12.7. The molecule has 1 unspecified atom stereocenters. The Hall–Kier alpha value is -2.42. The highest BCUT2D eigenvalue weighted by Crippen LogP contribution is 2.21. The molecule has 2 saturated heterocycles. The van der Waals surface area contributed by atoms with E-state index >= 15 is 0 Å². The first kappa shape index (κ1) is 23.2. The van der Waals surface area contributed by atoms with Gasteiger partial charge in [0.1, 0.15) is 5.75 Å². The molecule has 0 spiro atoms. The lowest BCUT2D eigenvalue weighted by atomic mass is 10.2. The van der Waals surface area contributed by atoms with Crippen molar-refractivity contribution in [3.8, 4) is 5.75 Å². The molecule has 0 saturated carbocycles. The average Bonchev–Trinajstić information content (AvgIpc) is 3.31. The van der Waals surface area contributed by atoms with Gasteiger partial charge in [0.15, 0.2) is 5.96 Å². The van der Waals surface area contributed by atoms with Crippen LogP contribution in [-0.2, 0) is 11.3 Å². The summed E-state index contributed by atoms with van der Waals surface area (Å²) in [6.45, 7) is 6.87. The van der Waals surface area contributed by atoms with Gasteiger partial charge in [-0.2, -0.15) is 8.78 Å². The van der Waals surface area contributed by atoms with E-state index in [1.165, 1.54) is 6.07 Å². The fraction of sp³-hybridized carbons (Fsp3) is 0.636. The molecule has 2 fully saturated rings. The minimum Gasteiger partial charge on any atom is -0.434 e. The summed E-state index contributed by atoms with van der Waals surface area (Å²) in [5.41, 5.74) is 0.613. The number of halogens is 2. The summed E-state index contributed by atoms with van der Waals surface area (Å²) in [6, 6.07) is 6.61. The number of aliphatic imine (C=N–C) groups is 1. The lowest BCUT2D eigenvalue weighted by Crippen LogP contribution is -2.57. The zero-order chi connectivity index (χ0) is 22.2. The summed E-state index contributed by atoms with van der Waals surface area (Å²) in [7, 11) is 0. The predicted molar refractivity (Wildman–Crippen MR) is 116 cm³/mol. The van der Waals surface area contributed by atoms with E-state index in [-0.39, 0.29) is 24.2 Å². The van der Waals surface area contributed by atoms with Crippen LogP contribution in [0.5, 0.6) is 5.75 Å². The summed E-state index contributed by atoms with van der Waals surface area (Å²) in [5.74, 6) is 1.12. The van der Waals surface area contributed by atoms with Crippen LogP contribution in [0.3, 0.4) is 0 Å². The van der Waals surface area contributed by atoms with Gasteiger partial charge in [0.05, 0.1) is 12.6 Å². The average molecular weight is 438 g/mol. The molecule has 172 valence electrons. The quantitative estimate of drug-likeness (QED) is 0.524. The summed E-state index contributed by atoms with van der Waals surface area (Å²) < 4.78 is 29.9. The molecule has 3 rings (SSSR count). The van der Waals surface area contributed by atoms with E-state index in [4.69, 9.17) is 0 Å². The molecular weight excluding hydrogens is 404 g/mol. The molecule has 9 heteroatoms. The molecule has 0 bridgehead atoms. The van der Waals surface area contributed by atoms with Crippen LogP contribution in [0, 0.1) is 0 Å². The van der Waals surface area contributed by atoms with Crippen LogP contribution >= 0.6 is 0 Å². The van der Waals surface area contributed by atoms with E-state index in [0.29, 0.717) is 12.1 Å². The van der Waals surface area contributed by atoms with Crippen LogP contribution in [0.25, 0.3) is 0 Å². The molecule has 1 N–H and O–H groups in total. The lowest BCUT2D eigenvalue weighted by molar-refractivity contribution is -0.135. The number of likely N-dealkylation sites (tertiary alicyclic amines) is 1. The second-order valence-corrected chi connectivity index (χ2v) is 7.89. The maximum Gasteiger partial charge on any atom is 0.387 e. The van der Waals surface area contributed by atoms with Gasteiger partial charge in [0.2, 0.25) is 5.91 Å². The van der Waals surface area contributed by atoms with E-state index < -0.39 is 6.61 Å².